The van der Waals surface area contributed by atoms with Gasteiger partial charge in [0.05, 0.1) is 18.5 Å². The van der Waals surface area contributed by atoms with E-state index >= 15 is 0 Å². The number of hydrogen-bond acceptors (Lipinski definition) is 4. The van der Waals surface area contributed by atoms with Crippen molar-refractivity contribution >= 4 is 22.6 Å². The van der Waals surface area contributed by atoms with Gasteiger partial charge in [0.2, 0.25) is 5.55 Å². The number of nitrogens with zero attached hydrogens (tertiary/aromatic N) is 1. The van der Waals surface area contributed by atoms with Gasteiger partial charge in [-0.05, 0) is 48.9 Å². The lowest BCUT2D eigenvalue weighted by molar-refractivity contribution is 0.0944. The zero-order chi connectivity index (χ0) is 18.6. The van der Waals surface area contributed by atoms with Gasteiger partial charge in [-0.1, -0.05) is 30.3 Å². The summed E-state index contributed by atoms with van der Waals surface area (Å²) in [5.41, 5.74) is 3.14. The SMILES string of the molecule is Cc1cccc(N=c2oc3ccccc3cc2C(=O)NCc2ccco2)c1. The molecule has 0 radical (unpaired) electrons. The van der Waals surface area contributed by atoms with Crippen molar-refractivity contribution in [3.63, 3.8) is 0 Å². The summed E-state index contributed by atoms with van der Waals surface area (Å²) in [4.78, 5) is 17.4. The molecule has 5 heteroatoms. The van der Waals surface area contributed by atoms with Gasteiger partial charge < -0.3 is 14.2 Å². The van der Waals surface area contributed by atoms with Crippen LogP contribution in [-0.4, -0.2) is 5.91 Å². The Morgan fingerprint density at radius 1 is 1.04 bits per heavy atom. The normalized spacial score (nSPS) is 11.7. The number of carbonyl (C=O) groups is 1. The second kappa shape index (κ2) is 7.33. The highest BCUT2D eigenvalue weighted by atomic mass is 16.3. The molecule has 2 heterocycles. The van der Waals surface area contributed by atoms with E-state index in [1.54, 1.807) is 18.4 Å². The third-order valence-electron chi connectivity index (χ3n) is 4.14. The number of fused-ring (bicyclic) bond motifs is 1. The molecule has 27 heavy (non-hydrogen) atoms. The highest BCUT2D eigenvalue weighted by Gasteiger charge is 2.13. The summed E-state index contributed by atoms with van der Waals surface area (Å²) < 4.78 is 11.2. The largest absolute Gasteiger partial charge is 0.467 e. The first-order valence-electron chi connectivity index (χ1n) is 8.64. The average Bonchev–Trinajstić information content (AvgIpc) is 3.19. The highest BCUT2D eigenvalue weighted by Crippen LogP contribution is 2.16. The van der Waals surface area contributed by atoms with Gasteiger partial charge >= 0.3 is 0 Å². The molecular formula is C22H18N2O3. The van der Waals surface area contributed by atoms with Crippen molar-refractivity contribution in [3.8, 4) is 0 Å². The van der Waals surface area contributed by atoms with Gasteiger partial charge in [0.25, 0.3) is 5.91 Å². The van der Waals surface area contributed by atoms with Crippen molar-refractivity contribution in [3.05, 3.63) is 95.4 Å². The summed E-state index contributed by atoms with van der Waals surface area (Å²) in [6.07, 6.45) is 1.57. The van der Waals surface area contributed by atoms with Crippen molar-refractivity contribution in [2.75, 3.05) is 0 Å². The van der Waals surface area contributed by atoms with Crippen molar-refractivity contribution in [2.45, 2.75) is 13.5 Å². The lowest BCUT2D eigenvalue weighted by Gasteiger charge is -2.06. The fourth-order valence-corrected chi connectivity index (χ4v) is 2.81. The van der Waals surface area contributed by atoms with Crippen LogP contribution in [0, 0.1) is 6.92 Å². The minimum Gasteiger partial charge on any atom is -0.467 e. The number of carbonyl (C=O) groups excluding carboxylic acids is 1. The smallest absolute Gasteiger partial charge is 0.257 e. The van der Waals surface area contributed by atoms with Gasteiger partial charge in [0.1, 0.15) is 16.9 Å². The lowest BCUT2D eigenvalue weighted by Crippen LogP contribution is -2.28. The van der Waals surface area contributed by atoms with Gasteiger partial charge in [-0.3, -0.25) is 4.79 Å². The average molecular weight is 358 g/mol. The summed E-state index contributed by atoms with van der Waals surface area (Å²) in [5, 5.41) is 3.69. The van der Waals surface area contributed by atoms with Crippen molar-refractivity contribution in [1.29, 1.82) is 0 Å². The number of furan rings is 1. The number of para-hydroxylation sites is 1. The fourth-order valence-electron chi connectivity index (χ4n) is 2.81. The zero-order valence-electron chi connectivity index (χ0n) is 14.8. The molecule has 0 bridgehead atoms. The standard InChI is InChI=1S/C22H18N2O3/c1-15-6-4-8-17(12-15)24-22-19(13-16-7-2-3-10-20(16)27-22)21(25)23-14-18-9-5-11-26-18/h2-13H,14H2,1H3,(H,23,25). The minimum atomic E-state index is -0.271. The summed E-state index contributed by atoms with van der Waals surface area (Å²) in [6, 6.07) is 20.7. The first-order chi connectivity index (χ1) is 13.2. The molecule has 1 amide bonds. The first kappa shape index (κ1) is 16.8. The van der Waals surface area contributed by atoms with E-state index in [2.05, 4.69) is 10.3 Å². The molecule has 4 aromatic rings. The Balaban J connectivity index is 1.78. The predicted molar refractivity (Wildman–Crippen MR) is 102 cm³/mol. The topological polar surface area (TPSA) is 67.7 Å². The third-order valence-corrected chi connectivity index (χ3v) is 4.14. The Kier molecular flexibility index (Phi) is 4.58. The third kappa shape index (κ3) is 3.82. The van der Waals surface area contributed by atoms with Gasteiger partial charge in [-0.25, -0.2) is 4.99 Å². The number of amides is 1. The van der Waals surface area contributed by atoms with Crippen LogP contribution in [0.2, 0.25) is 0 Å². The Morgan fingerprint density at radius 2 is 1.93 bits per heavy atom. The molecule has 2 aromatic carbocycles. The Labute approximate surface area is 156 Å². The number of benzene rings is 2. The van der Waals surface area contributed by atoms with E-state index < -0.39 is 0 Å². The van der Waals surface area contributed by atoms with Crippen LogP contribution in [0.25, 0.3) is 11.0 Å². The van der Waals surface area contributed by atoms with E-state index in [4.69, 9.17) is 8.83 Å². The molecule has 5 nitrogen and oxygen atoms in total. The van der Waals surface area contributed by atoms with Crippen LogP contribution in [-0.2, 0) is 6.54 Å². The van der Waals surface area contributed by atoms with Crippen LogP contribution >= 0.6 is 0 Å². The second-order valence-electron chi connectivity index (χ2n) is 6.22. The number of hydrogen-bond donors (Lipinski definition) is 1. The van der Waals surface area contributed by atoms with E-state index in [1.165, 1.54) is 0 Å². The Bertz CT molecular complexity index is 1160. The number of rotatable bonds is 4. The molecule has 0 aliphatic heterocycles. The molecule has 0 spiro atoms. The second-order valence-corrected chi connectivity index (χ2v) is 6.22. The molecule has 0 aliphatic carbocycles. The zero-order valence-corrected chi connectivity index (χ0v) is 14.8. The van der Waals surface area contributed by atoms with Crippen LogP contribution in [0.3, 0.4) is 0 Å². The summed E-state index contributed by atoms with van der Waals surface area (Å²) in [6.45, 7) is 2.29. The van der Waals surface area contributed by atoms with Gasteiger partial charge in [-0.2, -0.15) is 0 Å². The van der Waals surface area contributed by atoms with Crippen molar-refractivity contribution in [1.82, 2.24) is 5.32 Å². The molecule has 134 valence electrons. The molecule has 0 aliphatic rings. The molecule has 0 fully saturated rings. The monoisotopic (exact) mass is 358 g/mol. The molecule has 2 aromatic heterocycles. The van der Waals surface area contributed by atoms with Gasteiger partial charge in [-0.15, -0.1) is 0 Å². The quantitative estimate of drug-likeness (QED) is 0.584. The molecule has 0 atom stereocenters. The fraction of sp³-hybridized carbons (Fsp3) is 0.0909. The predicted octanol–water partition coefficient (Wildman–Crippen LogP) is 4.50. The van der Waals surface area contributed by atoms with E-state index in [9.17, 15) is 4.79 Å². The minimum absolute atomic E-state index is 0.271. The molecular weight excluding hydrogens is 340 g/mol. The summed E-state index contributed by atoms with van der Waals surface area (Å²) in [5.74, 6) is 0.408. The van der Waals surface area contributed by atoms with Crippen LogP contribution in [0.5, 0.6) is 0 Å². The molecule has 0 unspecified atom stereocenters. The van der Waals surface area contributed by atoms with Crippen molar-refractivity contribution < 1.29 is 13.6 Å². The maximum atomic E-state index is 12.8. The summed E-state index contributed by atoms with van der Waals surface area (Å²) >= 11 is 0. The maximum Gasteiger partial charge on any atom is 0.257 e. The van der Waals surface area contributed by atoms with Gasteiger partial charge in [0.15, 0.2) is 0 Å². The Morgan fingerprint density at radius 3 is 2.74 bits per heavy atom. The van der Waals surface area contributed by atoms with E-state index in [0.717, 1.165) is 16.6 Å². The molecule has 4 rings (SSSR count). The van der Waals surface area contributed by atoms with Gasteiger partial charge in [0, 0.05) is 5.39 Å². The van der Waals surface area contributed by atoms with Crippen LogP contribution < -0.4 is 10.9 Å². The van der Waals surface area contributed by atoms with E-state index in [0.29, 0.717) is 23.5 Å². The first-order valence-corrected chi connectivity index (χ1v) is 8.64. The highest BCUT2D eigenvalue weighted by molar-refractivity contribution is 5.96. The van der Waals surface area contributed by atoms with Crippen LogP contribution in [0.15, 0.2) is 86.8 Å². The van der Waals surface area contributed by atoms with E-state index in [1.807, 2.05) is 61.5 Å². The molecule has 0 saturated heterocycles. The van der Waals surface area contributed by atoms with Crippen LogP contribution in [0.4, 0.5) is 5.69 Å². The lowest BCUT2D eigenvalue weighted by atomic mass is 10.1. The van der Waals surface area contributed by atoms with Crippen LogP contribution in [0.1, 0.15) is 21.7 Å². The number of aryl methyl sites for hydroxylation is 1. The number of nitrogens with one attached hydrogen (secondary N) is 1. The molecule has 1 N–H and O–H groups in total. The Hall–Kier alpha value is -3.60. The van der Waals surface area contributed by atoms with Crippen molar-refractivity contribution in [2.24, 2.45) is 4.99 Å². The summed E-state index contributed by atoms with van der Waals surface area (Å²) in [7, 11) is 0. The van der Waals surface area contributed by atoms with E-state index in [-0.39, 0.29) is 11.5 Å². The maximum absolute atomic E-state index is 12.8. The molecule has 0 saturated carbocycles.